The van der Waals surface area contributed by atoms with Gasteiger partial charge < -0.3 is 32.1 Å². The zero-order valence-corrected chi connectivity index (χ0v) is 21.6. The number of nitrogens with zero attached hydrogens (tertiary/aromatic N) is 1. The highest BCUT2D eigenvalue weighted by atomic mass is 16.4. The highest BCUT2D eigenvalue weighted by molar-refractivity contribution is 5.94. The lowest BCUT2D eigenvalue weighted by molar-refractivity contribution is -0.143. The number of aliphatic carboxylic acids is 1. The number of hydrogen-bond donors (Lipinski definition) is 5. The lowest BCUT2D eigenvalue weighted by Gasteiger charge is -2.29. The average molecular weight is 538 g/mol. The van der Waals surface area contributed by atoms with Crippen LogP contribution in [-0.4, -0.2) is 70.3 Å². The van der Waals surface area contributed by atoms with Gasteiger partial charge in [-0.25, -0.2) is 4.79 Å². The number of hydrogen-bond acceptors (Lipinski definition) is 6. The van der Waals surface area contributed by atoms with Gasteiger partial charge in [0, 0.05) is 19.4 Å². The van der Waals surface area contributed by atoms with Crippen molar-refractivity contribution in [1.29, 1.82) is 0 Å². The lowest BCUT2D eigenvalue weighted by atomic mass is 10.0. The molecular weight excluding hydrogens is 502 g/mol. The summed E-state index contributed by atoms with van der Waals surface area (Å²) < 4.78 is 0. The molecule has 2 aromatic rings. The largest absolute Gasteiger partial charge is 0.480 e. The van der Waals surface area contributed by atoms with Crippen LogP contribution in [0.5, 0.6) is 0 Å². The summed E-state index contributed by atoms with van der Waals surface area (Å²) in [4.78, 5) is 64.0. The van der Waals surface area contributed by atoms with Gasteiger partial charge in [0.25, 0.3) is 0 Å². The number of carbonyl (C=O) groups excluding carboxylic acids is 4. The summed E-state index contributed by atoms with van der Waals surface area (Å²) in [5.74, 6) is -3.61. The maximum atomic E-state index is 13.4. The predicted molar refractivity (Wildman–Crippen MR) is 143 cm³/mol. The Hall–Kier alpha value is -4.25. The van der Waals surface area contributed by atoms with Crippen molar-refractivity contribution in [3.05, 3.63) is 71.8 Å². The van der Waals surface area contributed by atoms with E-state index in [4.69, 9.17) is 11.5 Å². The molecule has 1 saturated heterocycles. The van der Waals surface area contributed by atoms with Crippen LogP contribution in [0.2, 0.25) is 0 Å². The van der Waals surface area contributed by atoms with Gasteiger partial charge in [0.1, 0.15) is 18.1 Å². The Morgan fingerprint density at radius 1 is 0.897 bits per heavy atom. The Kier molecular flexibility index (Phi) is 10.6. The first-order valence-corrected chi connectivity index (χ1v) is 12.9. The molecule has 11 nitrogen and oxygen atoms in total. The van der Waals surface area contributed by atoms with Crippen LogP contribution in [0.4, 0.5) is 0 Å². The van der Waals surface area contributed by atoms with E-state index in [1.54, 1.807) is 24.3 Å². The van der Waals surface area contributed by atoms with Crippen molar-refractivity contribution < 1.29 is 29.1 Å². The van der Waals surface area contributed by atoms with Gasteiger partial charge in [0.05, 0.1) is 6.04 Å². The summed E-state index contributed by atoms with van der Waals surface area (Å²) in [5, 5.41) is 14.6. The van der Waals surface area contributed by atoms with Crippen LogP contribution in [0.15, 0.2) is 60.7 Å². The predicted octanol–water partition coefficient (Wildman–Crippen LogP) is 0.110. The normalized spacial score (nSPS) is 17.1. The van der Waals surface area contributed by atoms with Crippen LogP contribution in [-0.2, 0) is 36.8 Å². The van der Waals surface area contributed by atoms with E-state index in [1.165, 1.54) is 4.90 Å². The molecule has 2 aromatic carbocycles. The van der Waals surface area contributed by atoms with E-state index in [1.807, 2.05) is 36.4 Å². The Labute approximate surface area is 226 Å². The molecule has 4 atom stereocenters. The van der Waals surface area contributed by atoms with E-state index < -0.39 is 47.9 Å². The van der Waals surface area contributed by atoms with Crippen molar-refractivity contribution >= 4 is 29.6 Å². The van der Waals surface area contributed by atoms with Gasteiger partial charge in [-0.15, -0.1) is 0 Å². The smallest absolute Gasteiger partial charge is 0.326 e. The van der Waals surface area contributed by atoms with Gasteiger partial charge in [-0.05, 0) is 36.8 Å². The topological polar surface area (TPSA) is 185 Å². The maximum Gasteiger partial charge on any atom is 0.326 e. The van der Waals surface area contributed by atoms with E-state index in [2.05, 4.69) is 10.6 Å². The van der Waals surface area contributed by atoms with Crippen molar-refractivity contribution in [3.63, 3.8) is 0 Å². The first-order chi connectivity index (χ1) is 18.7. The Balaban J connectivity index is 1.72. The number of benzene rings is 2. The zero-order chi connectivity index (χ0) is 28.4. The fourth-order valence-electron chi connectivity index (χ4n) is 4.61. The highest BCUT2D eigenvalue weighted by Crippen LogP contribution is 2.20. The van der Waals surface area contributed by atoms with Crippen LogP contribution in [0.1, 0.15) is 36.8 Å². The minimum absolute atomic E-state index is 0.0920. The van der Waals surface area contributed by atoms with Gasteiger partial charge in [-0.1, -0.05) is 60.7 Å². The van der Waals surface area contributed by atoms with Crippen LogP contribution in [0.25, 0.3) is 0 Å². The molecule has 0 bridgehead atoms. The Bertz CT molecular complexity index is 1160. The number of nitrogens with two attached hydrogens (primary N) is 2. The van der Waals surface area contributed by atoms with E-state index in [0.717, 1.165) is 11.1 Å². The number of rotatable bonds is 13. The maximum absolute atomic E-state index is 13.4. The number of primary amides is 1. The molecule has 4 amide bonds. The second kappa shape index (κ2) is 14.1. The minimum Gasteiger partial charge on any atom is -0.480 e. The summed E-state index contributed by atoms with van der Waals surface area (Å²) >= 11 is 0. The first-order valence-electron chi connectivity index (χ1n) is 12.9. The summed E-state index contributed by atoms with van der Waals surface area (Å²) in [6.07, 6.45) is 1.01. The second-order valence-electron chi connectivity index (χ2n) is 9.64. The number of likely N-dealkylation sites (tertiary alicyclic amines) is 1. The van der Waals surface area contributed by atoms with E-state index in [9.17, 15) is 29.1 Å². The second-order valence-corrected chi connectivity index (χ2v) is 9.64. The summed E-state index contributed by atoms with van der Waals surface area (Å²) in [7, 11) is 0. The molecule has 7 N–H and O–H groups in total. The Morgan fingerprint density at radius 2 is 1.49 bits per heavy atom. The fourth-order valence-corrected chi connectivity index (χ4v) is 4.61. The van der Waals surface area contributed by atoms with Gasteiger partial charge >= 0.3 is 5.97 Å². The van der Waals surface area contributed by atoms with E-state index >= 15 is 0 Å². The fraction of sp³-hybridized carbons (Fsp3) is 0.393. The molecule has 1 aliphatic heterocycles. The van der Waals surface area contributed by atoms with Gasteiger partial charge in [-0.3, -0.25) is 19.2 Å². The van der Waals surface area contributed by atoms with Crippen molar-refractivity contribution in [3.8, 4) is 0 Å². The summed E-state index contributed by atoms with van der Waals surface area (Å²) in [5.41, 5.74) is 13.0. The van der Waals surface area contributed by atoms with Crippen LogP contribution >= 0.6 is 0 Å². The average Bonchev–Trinajstić information content (AvgIpc) is 3.41. The Morgan fingerprint density at radius 3 is 2.05 bits per heavy atom. The molecule has 39 heavy (non-hydrogen) atoms. The minimum atomic E-state index is -1.36. The number of nitrogens with one attached hydrogen (secondary N) is 2. The number of carbonyl (C=O) groups is 5. The third-order valence-electron chi connectivity index (χ3n) is 6.66. The molecule has 0 saturated carbocycles. The molecule has 0 aliphatic carbocycles. The third-order valence-corrected chi connectivity index (χ3v) is 6.66. The van der Waals surface area contributed by atoms with Gasteiger partial charge in [0.15, 0.2) is 0 Å². The summed E-state index contributed by atoms with van der Waals surface area (Å²) in [6.45, 7) is 0.364. The SMILES string of the molecule is NC(=O)CCC(NC(=O)C(Cc1ccccc1)NC(=O)C1CCCN1C(=O)C(N)Cc1ccccc1)C(=O)O. The van der Waals surface area contributed by atoms with Crippen LogP contribution in [0, 0.1) is 0 Å². The molecular formula is C28H35N5O6. The monoisotopic (exact) mass is 537 g/mol. The third kappa shape index (κ3) is 8.64. The quantitative estimate of drug-likeness (QED) is 0.240. The van der Waals surface area contributed by atoms with E-state index in [-0.39, 0.29) is 25.2 Å². The van der Waals surface area contributed by atoms with E-state index in [0.29, 0.717) is 25.8 Å². The molecule has 11 heteroatoms. The molecule has 3 rings (SSSR count). The zero-order valence-electron chi connectivity index (χ0n) is 21.6. The molecule has 1 aliphatic rings. The molecule has 1 heterocycles. The van der Waals surface area contributed by atoms with Crippen molar-refractivity contribution in [2.24, 2.45) is 11.5 Å². The van der Waals surface area contributed by atoms with Crippen LogP contribution in [0.3, 0.4) is 0 Å². The standard InChI is InChI=1S/C28H35N5O6/c29-20(16-18-8-3-1-4-9-18)27(37)33-15-7-12-23(33)26(36)32-22(17-19-10-5-2-6-11-19)25(35)31-21(28(38)39)13-14-24(30)34/h1-6,8-11,20-23H,7,12-17,29H2,(H2,30,34)(H,31,35)(H,32,36)(H,38,39). The van der Waals surface area contributed by atoms with Crippen molar-refractivity contribution in [2.75, 3.05) is 6.54 Å². The number of amides is 4. The lowest BCUT2D eigenvalue weighted by Crippen LogP contribution is -2.57. The van der Waals surface area contributed by atoms with Crippen LogP contribution < -0.4 is 22.1 Å². The summed E-state index contributed by atoms with van der Waals surface area (Å²) in [6, 6.07) is 14.2. The molecule has 208 valence electrons. The van der Waals surface area contributed by atoms with Crippen molar-refractivity contribution in [1.82, 2.24) is 15.5 Å². The molecule has 0 spiro atoms. The molecule has 1 fully saturated rings. The molecule has 4 unspecified atom stereocenters. The number of carboxylic acid groups (broad SMARTS) is 1. The van der Waals surface area contributed by atoms with Gasteiger partial charge in [0.2, 0.25) is 23.6 Å². The van der Waals surface area contributed by atoms with Crippen molar-refractivity contribution in [2.45, 2.75) is 62.7 Å². The highest BCUT2D eigenvalue weighted by Gasteiger charge is 2.38. The first kappa shape index (κ1) is 29.3. The molecule has 0 aromatic heterocycles. The number of carboxylic acids is 1. The molecule has 0 radical (unpaired) electrons. The van der Waals surface area contributed by atoms with Gasteiger partial charge in [-0.2, -0.15) is 0 Å².